The van der Waals surface area contributed by atoms with E-state index in [9.17, 15) is 5.26 Å². The maximum atomic E-state index is 9.19. The van der Waals surface area contributed by atoms with Gasteiger partial charge in [0.2, 0.25) is 0 Å². The van der Waals surface area contributed by atoms with Crippen molar-refractivity contribution in [3.05, 3.63) is 59.9 Å². The lowest BCUT2D eigenvalue weighted by molar-refractivity contribution is 0.339. The van der Waals surface area contributed by atoms with Crippen LogP contribution in [0.1, 0.15) is 30.3 Å². The Morgan fingerprint density at radius 2 is 1.85 bits per heavy atom. The van der Waals surface area contributed by atoms with Crippen molar-refractivity contribution < 1.29 is 4.52 Å². The number of nitrogens with zero attached hydrogens (tertiary/aromatic N) is 5. The Balaban J connectivity index is 1.63. The minimum absolute atomic E-state index is 0.0980. The van der Waals surface area contributed by atoms with Crippen molar-refractivity contribution in [3.8, 4) is 34.8 Å². The van der Waals surface area contributed by atoms with E-state index in [1.54, 1.807) is 17.0 Å². The standard InChI is InChI=1S/C20H15N5O/c21-12-14-6-8-15(9-7-14)16-3-1-4-17(11-16)20-23-19(24-26-20)18-5-2-10-25(18)13-22/h1,3-4,6-9,11,18H,2,5,10H2/t18-/m0/s1. The second-order valence-corrected chi connectivity index (χ2v) is 6.18. The predicted octanol–water partition coefficient (Wildman–Crippen LogP) is 3.89. The van der Waals surface area contributed by atoms with Gasteiger partial charge in [0, 0.05) is 12.1 Å². The maximum Gasteiger partial charge on any atom is 0.258 e. The molecule has 6 heteroatoms. The van der Waals surface area contributed by atoms with Crippen molar-refractivity contribution in [2.24, 2.45) is 0 Å². The van der Waals surface area contributed by atoms with Crippen LogP contribution in [-0.4, -0.2) is 21.6 Å². The first kappa shape index (κ1) is 15.9. The number of nitriles is 2. The highest BCUT2D eigenvalue weighted by molar-refractivity contribution is 5.70. The molecular weight excluding hydrogens is 326 g/mol. The monoisotopic (exact) mass is 341 g/mol. The quantitative estimate of drug-likeness (QED) is 0.671. The van der Waals surface area contributed by atoms with Crippen molar-refractivity contribution in [2.75, 3.05) is 6.54 Å². The molecule has 1 aliphatic heterocycles. The number of hydrogen-bond donors (Lipinski definition) is 0. The summed E-state index contributed by atoms with van der Waals surface area (Å²) in [5.74, 6) is 1.00. The fraction of sp³-hybridized carbons (Fsp3) is 0.200. The van der Waals surface area contributed by atoms with Crippen LogP contribution in [0.2, 0.25) is 0 Å². The zero-order valence-electron chi connectivity index (χ0n) is 14.0. The molecule has 0 N–H and O–H groups in total. The number of hydrogen-bond acceptors (Lipinski definition) is 6. The molecule has 1 saturated heterocycles. The smallest absolute Gasteiger partial charge is 0.258 e. The van der Waals surface area contributed by atoms with Crippen LogP contribution in [0, 0.1) is 22.8 Å². The van der Waals surface area contributed by atoms with Crippen LogP contribution in [0.15, 0.2) is 53.1 Å². The van der Waals surface area contributed by atoms with Gasteiger partial charge in [-0.3, -0.25) is 4.90 Å². The zero-order valence-corrected chi connectivity index (χ0v) is 14.0. The van der Waals surface area contributed by atoms with Gasteiger partial charge in [-0.25, -0.2) is 0 Å². The van der Waals surface area contributed by atoms with E-state index in [1.165, 1.54) is 0 Å². The van der Waals surface area contributed by atoms with Gasteiger partial charge in [-0.2, -0.15) is 15.5 Å². The highest BCUT2D eigenvalue weighted by atomic mass is 16.5. The summed E-state index contributed by atoms with van der Waals surface area (Å²) in [6, 6.07) is 17.3. The molecule has 0 unspecified atom stereocenters. The highest BCUT2D eigenvalue weighted by Gasteiger charge is 2.29. The minimum atomic E-state index is -0.0980. The normalized spacial score (nSPS) is 16.2. The molecule has 0 bridgehead atoms. The third-order valence-corrected chi connectivity index (χ3v) is 4.58. The first-order chi connectivity index (χ1) is 12.8. The first-order valence-corrected chi connectivity index (χ1v) is 8.39. The van der Waals surface area contributed by atoms with Gasteiger partial charge in [0.1, 0.15) is 6.04 Å². The molecule has 6 nitrogen and oxygen atoms in total. The molecule has 0 saturated carbocycles. The first-order valence-electron chi connectivity index (χ1n) is 8.39. The van der Waals surface area contributed by atoms with Gasteiger partial charge in [-0.05, 0) is 48.2 Å². The summed E-state index contributed by atoms with van der Waals surface area (Å²) in [4.78, 5) is 6.21. The molecule has 2 aromatic carbocycles. The molecule has 4 rings (SSSR count). The lowest BCUT2D eigenvalue weighted by Gasteiger charge is -2.13. The average Bonchev–Trinajstić information content (AvgIpc) is 3.37. The van der Waals surface area contributed by atoms with Gasteiger partial charge in [0.15, 0.2) is 12.0 Å². The molecule has 2 heterocycles. The lowest BCUT2D eigenvalue weighted by Crippen LogP contribution is -2.17. The summed E-state index contributed by atoms with van der Waals surface area (Å²) in [6.45, 7) is 0.735. The Labute approximate surface area is 150 Å². The van der Waals surface area contributed by atoms with Crippen molar-refractivity contribution in [1.29, 1.82) is 10.5 Å². The molecule has 0 spiro atoms. The molecular formula is C20H15N5O. The molecule has 1 aliphatic rings. The van der Waals surface area contributed by atoms with Gasteiger partial charge >= 0.3 is 0 Å². The van der Waals surface area contributed by atoms with E-state index in [4.69, 9.17) is 9.78 Å². The van der Waals surface area contributed by atoms with E-state index in [0.717, 1.165) is 36.1 Å². The van der Waals surface area contributed by atoms with E-state index in [1.807, 2.05) is 36.4 Å². The van der Waals surface area contributed by atoms with E-state index < -0.39 is 0 Å². The molecule has 0 aliphatic carbocycles. The number of likely N-dealkylation sites (tertiary alicyclic amines) is 1. The second kappa shape index (κ2) is 6.70. The van der Waals surface area contributed by atoms with E-state index >= 15 is 0 Å². The van der Waals surface area contributed by atoms with Crippen molar-refractivity contribution in [1.82, 2.24) is 15.0 Å². The van der Waals surface area contributed by atoms with Crippen molar-refractivity contribution >= 4 is 0 Å². The Bertz CT molecular complexity index is 1010. The number of rotatable bonds is 3. The Morgan fingerprint density at radius 3 is 2.62 bits per heavy atom. The van der Waals surface area contributed by atoms with E-state index in [2.05, 4.69) is 22.4 Å². The molecule has 1 atom stereocenters. The highest BCUT2D eigenvalue weighted by Crippen LogP contribution is 2.31. The summed E-state index contributed by atoms with van der Waals surface area (Å²) < 4.78 is 5.44. The summed E-state index contributed by atoms with van der Waals surface area (Å²) in [6.07, 6.45) is 4.00. The predicted molar refractivity (Wildman–Crippen MR) is 94.2 cm³/mol. The van der Waals surface area contributed by atoms with Crippen LogP contribution in [0.25, 0.3) is 22.6 Å². The van der Waals surface area contributed by atoms with Crippen LogP contribution < -0.4 is 0 Å². The Kier molecular flexibility index (Phi) is 4.09. The van der Waals surface area contributed by atoms with Crippen LogP contribution in [0.3, 0.4) is 0 Å². The van der Waals surface area contributed by atoms with Gasteiger partial charge in [0.05, 0.1) is 11.6 Å². The summed E-state index contributed by atoms with van der Waals surface area (Å²) in [5.41, 5.74) is 3.47. The summed E-state index contributed by atoms with van der Waals surface area (Å²) in [7, 11) is 0. The van der Waals surface area contributed by atoms with Gasteiger partial charge in [-0.15, -0.1) is 0 Å². The number of benzene rings is 2. The third-order valence-electron chi connectivity index (χ3n) is 4.58. The van der Waals surface area contributed by atoms with Crippen LogP contribution in [0.4, 0.5) is 0 Å². The molecule has 126 valence electrons. The minimum Gasteiger partial charge on any atom is -0.334 e. The fourth-order valence-electron chi connectivity index (χ4n) is 3.21. The van der Waals surface area contributed by atoms with Gasteiger partial charge in [-0.1, -0.05) is 29.4 Å². The molecule has 0 amide bonds. The Hall–Kier alpha value is -3.64. The van der Waals surface area contributed by atoms with Crippen LogP contribution in [-0.2, 0) is 0 Å². The van der Waals surface area contributed by atoms with Crippen molar-refractivity contribution in [3.63, 3.8) is 0 Å². The van der Waals surface area contributed by atoms with Crippen LogP contribution >= 0.6 is 0 Å². The third kappa shape index (κ3) is 2.89. The second-order valence-electron chi connectivity index (χ2n) is 6.18. The topological polar surface area (TPSA) is 89.7 Å². The molecule has 1 fully saturated rings. The van der Waals surface area contributed by atoms with Gasteiger partial charge < -0.3 is 4.52 Å². The van der Waals surface area contributed by atoms with Gasteiger partial charge in [0.25, 0.3) is 5.89 Å². The molecule has 0 radical (unpaired) electrons. The summed E-state index contributed by atoms with van der Waals surface area (Å²) in [5, 5.41) is 22.2. The lowest BCUT2D eigenvalue weighted by atomic mass is 10.0. The zero-order chi connectivity index (χ0) is 17.9. The summed E-state index contributed by atoms with van der Waals surface area (Å²) >= 11 is 0. The maximum absolute atomic E-state index is 9.19. The van der Waals surface area contributed by atoms with E-state index in [0.29, 0.717) is 17.3 Å². The van der Waals surface area contributed by atoms with Crippen LogP contribution in [0.5, 0.6) is 0 Å². The molecule has 3 aromatic rings. The van der Waals surface area contributed by atoms with Crippen molar-refractivity contribution in [2.45, 2.75) is 18.9 Å². The SMILES string of the molecule is N#Cc1ccc(-c2cccc(-c3nc([C@@H]4CCCN4C#N)no3)c2)cc1. The van der Waals surface area contributed by atoms with E-state index in [-0.39, 0.29) is 6.04 Å². The average molecular weight is 341 g/mol. The number of aromatic nitrogens is 2. The Morgan fingerprint density at radius 1 is 1.04 bits per heavy atom. The largest absolute Gasteiger partial charge is 0.334 e. The fourth-order valence-corrected chi connectivity index (χ4v) is 3.21. The molecule has 26 heavy (non-hydrogen) atoms. The molecule has 1 aromatic heterocycles.